The van der Waals surface area contributed by atoms with Gasteiger partial charge in [0.05, 0.1) is 29.8 Å². The Kier molecular flexibility index (Phi) is 5.89. The largest absolute Gasteiger partial charge is 0.366 e. The number of fused-ring (bicyclic) bond motifs is 2. The van der Waals surface area contributed by atoms with Crippen LogP contribution in [-0.2, 0) is 18.4 Å². The third-order valence-corrected chi connectivity index (χ3v) is 8.99. The summed E-state index contributed by atoms with van der Waals surface area (Å²) in [6.07, 6.45) is 14.7. The zero-order valence-corrected chi connectivity index (χ0v) is 23.0. The standard InChI is InChI=1S/C33H40N4/c1-21(9-8-10-25-20-34-22(2)35-25)26-12-13-27(29-19-33(18-28(26)29)15-6-7-16-33)24-11-14-30-31(17-24)36-23(3)37-32(30,4)5/h8-14,17,25H,6-7,15-16,18-20H2,1-5H3,(H,34,35)(H,36,37)/b10-8+,21-9+. The molecule has 1 unspecified atom stereocenters. The Morgan fingerprint density at radius 3 is 2.54 bits per heavy atom. The van der Waals surface area contributed by atoms with Crippen LogP contribution in [0.2, 0.25) is 0 Å². The molecule has 1 saturated carbocycles. The molecule has 0 bridgehead atoms. The summed E-state index contributed by atoms with van der Waals surface area (Å²) in [6, 6.07) is 12.0. The van der Waals surface area contributed by atoms with Gasteiger partial charge in [0.1, 0.15) is 0 Å². The molecule has 6 rings (SSSR count). The van der Waals surface area contributed by atoms with Crippen LogP contribution < -0.4 is 10.6 Å². The van der Waals surface area contributed by atoms with E-state index in [2.05, 4.69) is 91.9 Å². The monoisotopic (exact) mass is 492 g/mol. The van der Waals surface area contributed by atoms with Gasteiger partial charge in [-0.3, -0.25) is 9.98 Å². The van der Waals surface area contributed by atoms with Gasteiger partial charge >= 0.3 is 0 Å². The van der Waals surface area contributed by atoms with Crippen molar-refractivity contribution in [1.29, 1.82) is 0 Å². The zero-order valence-electron chi connectivity index (χ0n) is 23.0. The highest BCUT2D eigenvalue weighted by Crippen LogP contribution is 2.52. The van der Waals surface area contributed by atoms with Crippen molar-refractivity contribution in [2.75, 3.05) is 11.9 Å². The molecule has 37 heavy (non-hydrogen) atoms. The molecule has 0 aromatic heterocycles. The van der Waals surface area contributed by atoms with Crippen LogP contribution >= 0.6 is 0 Å². The van der Waals surface area contributed by atoms with Crippen molar-refractivity contribution in [2.45, 2.75) is 84.7 Å². The zero-order chi connectivity index (χ0) is 25.8. The van der Waals surface area contributed by atoms with Crippen LogP contribution in [0.25, 0.3) is 16.7 Å². The fourth-order valence-corrected chi connectivity index (χ4v) is 7.21. The molecule has 2 heterocycles. The fourth-order valence-electron chi connectivity index (χ4n) is 7.21. The second kappa shape index (κ2) is 9.01. The molecule has 4 nitrogen and oxygen atoms in total. The number of benzene rings is 2. The van der Waals surface area contributed by atoms with E-state index in [-0.39, 0.29) is 5.54 Å². The minimum Gasteiger partial charge on any atom is -0.366 e. The summed E-state index contributed by atoms with van der Waals surface area (Å²) < 4.78 is 0. The highest BCUT2D eigenvalue weighted by molar-refractivity contribution is 5.97. The first kappa shape index (κ1) is 24.2. The molecule has 4 aliphatic rings. The first-order valence-corrected chi connectivity index (χ1v) is 14.0. The van der Waals surface area contributed by atoms with E-state index in [0.717, 1.165) is 18.2 Å². The van der Waals surface area contributed by atoms with Crippen LogP contribution in [0, 0.1) is 5.41 Å². The lowest BCUT2D eigenvalue weighted by Gasteiger charge is -2.30. The summed E-state index contributed by atoms with van der Waals surface area (Å²) in [5.41, 5.74) is 11.4. The van der Waals surface area contributed by atoms with Gasteiger partial charge in [0.2, 0.25) is 0 Å². The molecule has 1 atom stereocenters. The van der Waals surface area contributed by atoms with E-state index < -0.39 is 0 Å². The number of aliphatic imine (C=N–C) groups is 2. The maximum absolute atomic E-state index is 4.83. The third kappa shape index (κ3) is 4.45. The summed E-state index contributed by atoms with van der Waals surface area (Å²) in [7, 11) is 0. The Hall–Kier alpha value is -3.14. The smallest absolute Gasteiger partial charge is 0.0986 e. The molecule has 1 fully saturated rings. The minimum absolute atomic E-state index is 0.197. The highest BCUT2D eigenvalue weighted by atomic mass is 15.1. The number of rotatable bonds is 4. The Labute approximate surface area is 222 Å². The van der Waals surface area contributed by atoms with Crippen LogP contribution in [0.3, 0.4) is 0 Å². The van der Waals surface area contributed by atoms with E-state index in [1.54, 1.807) is 11.1 Å². The predicted molar refractivity (Wildman–Crippen MR) is 158 cm³/mol. The van der Waals surface area contributed by atoms with Crippen LogP contribution in [0.1, 0.15) is 82.6 Å². The van der Waals surface area contributed by atoms with Gasteiger partial charge in [0.15, 0.2) is 0 Å². The van der Waals surface area contributed by atoms with Gasteiger partial charge in [0, 0.05) is 11.3 Å². The normalized spacial score (nSPS) is 23.5. The van der Waals surface area contributed by atoms with E-state index in [1.807, 2.05) is 6.92 Å². The first-order chi connectivity index (χ1) is 17.7. The van der Waals surface area contributed by atoms with Crippen molar-refractivity contribution in [3.8, 4) is 11.1 Å². The predicted octanol–water partition coefficient (Wildman–Crippen LogP) is 7.44. The van der Waals surface area contributed by atoms with Gasteiger partial charge in [-0.15, -0.1) is 0 Å². The van der Waals surface area contributed by atoms with Gasteiger partial charge in [0.25, 0.3) is 0 Å². The van der Waals surface area contributed by atoms with Crippen LogP contribution in [-0.4, -0.2) is 24.3 Å². The van der Waals surface area contributed by atoms with Crippen LogP contribution in [0.5, 0.6) is 0 Å². The average Bonchev–Trinajstić information content (AvgIpc) is 3.57. The molecule has 4 heteroatoms. The van der Waals surface area contributed by atoms with Gasteiger partial charge in [-0.2, -0.15) is 0 Å². The van der Waals surface area contributed by atoms with Gasteiger partial charge < -0.3 is 10.6 Å². The minimum atomic E-state index is -0.197. The van der Waals surface area contributed by atoms with Crippen molar-refractivity contribution < 1.29 is 0 Å². The quantitative estimate of drug-likeness (QED) is 0.436. The second-order valence-electron chi connectivity index (χ2n) is 12.2. The molecule has 2 aromatic carbocycles. The molecule has 0 saturated heterocycles. The number of nitrogens with one attached hydrogen (secondary N) is 2. The molecule has 2 aromatic rings. The first-order valence-electron chi connectivity index (χ1n) is 14.0. The van der Waals surface area contributed by atoms with Crippen LogP contribution in [0.4, 0.5) is 5.69 Å². The molecule has 192 valence electrons. The fraction of sp³-hybridized carbons (Fsp3) is 0.455. The molecule has 0 amide bonds. The maximum Gasteiger partial charge on any atom is 0.0986 e. The molecular weight excluding hydrogens is 452 g/mol. The molecule has 2 aliphatic heterocycles. The molecule has 0 radical (unpaired) electrons. The SMILES string of the molecule is CC1=NC(C)(C)c2ccc(-c3ccc(/C(C)=C/C=C/C4CN=C(C)N4)c4c3CC3(CCCC3)C4)cc2N1. The third-order valence-electron chi connectivity index (χ3n) is 8.99. The van der Waals surface area contributed by atoms with Gasteiger partial charge in [-0.1, -0.05) is 55.3 Å². The van der Waals surface area contributed by atoms with E-state index in [1.165, 1.54) is 72.0 Å². The number of nitrogens with zero attached hydrogens (tertiary/aromatic N) is 2. The van der Waals surface area contributed by atoms with E-state index >= 15 is 0 Å². The van der Waals surface area contributed by atoms with E-state index in [9.17, 15) is 0 Å². The summed E-state index contributed by atoms with van der Waals surface area (Å²) in [5, 5.41) is 6.96. The highest BCUT2D eigenvalue weighted by Gasteiger charge is 2.41. The van der Waals surface area contributed by atoms with Crippen molar-refractivity contribution in [3.05, 3.63) is 70.8 Å². The Morgan fingerprint density at radius 1 is 1.00 bits per heavy atom. The molecule has 2 N–H and O–H groups in total. The van der Waals surface area contributed by atoms with Gasteiger partial charge in [-0.05, 0) is 105 Å². The Bertz CT molecular complexity index is 1360. The number of hydrogen-bond acceptors (Lipinski definition) is 4. The van der Waals surface area contributed by atoms with Gasteiger partial charge in [-0.25, -0.2) is 0 Å². The summed E-state index contributed by atoms with van der Waals surface area (Å²) >= 11 is 0. The Balaban J connectivity index is 1.37. The molecular formula is C33H40N4. The summed E-state index contributed by atoms with van der Waals surface area (Å²) in [6.45, 7) is 11.6. The number of amidine groups is 2. The van der Waals surface area contributed by atoms with Crippen molar-refractivity contribution in [3.63, 3.8) is 0 Å². The molecule has 1 spiro atoms. The lowest BCUT2D eigenvalue weighted by molar-refractivity contribution is 0.318. The number of allylic oxidation sites excluding steroid dienone is 3. The van der Waals surface area contributed by atoms with Crippen molar-refractivity contribution >= 4 is 22.9 Å². The van der Waals surface area contributed by atoms with Crippen molar-refractivity contribution in [2.24, 2.45) is 15.4 Å². The Morgan fingerprint density at radius 2 is 1.78 bits per heavy atom. The lowest BCUT2D eigenvalue weighted by atomic mass is 9.82. The second-order valence-corrected chi connectivity index (χ2v) is 12.2. The lowest BCUT2D eigenvalue weighted by Crippen LogP contribution is -2.26. The topological polar surface area (TPSA) is 48.8 Å². The maximum atomic E-state index is 4.83. The summed E-state index contributed by atoms with van der Waals surface area (Å²) in [5.74, 6) is 2.03. The van der Waals surface area contributed by atoms with Crippen molar-refractivity contribution in [1.82, 2.24) is 5.32 Å². The average molecular weight is 493 g/mol. The summed E-state index contributed by atoms with van der Waals surface area (Å²) in [4.78, 5) is 9.29. The number of anilines is 1. The van der Waals surface area contributed by atoms with E-state index in [4.69, 9.17) is 4.99 Å². The van der Waals surface area contributed by atoms with Crippen LogP contribution in [0.15, 0.2) is 58.5 Å². The number of hydrogen-bond donors (Lipinski definition) is 2. The van der Waals surface area contributed by atoms with E-state index in [0.29, 0.717) is 11.5 Å². The molecule has 2 aliphatic carbocycles.